The summed E-state index contributed by atoms with van der Waals surface area (Å²) < 4.78 is 39.6. The highest BCUT2D eigenvalue weighted by atomic mass is 79.9. The summed E-state index contributed by atoms with van der Waals surface area (Å²) in [4.78, 5) is 0. The molecule has 0 radical (unpaired) electrons. The lowest BCUT2D eigenvalue weighted by Crippen LogP contribution is -2.07. The van der Waals surface area contributed by atoms with Gasteiger partial charge in [0.25, 0.3) is 0 Å². The summed E-state index contributed by atoms with van der Waals surface area (Å²) in [5.41, 5.74) is 0.176. The second-order valence-electron chi connectivity index (χ2n) is 3.76. The molecule has 2 aromatic rings. The second kappa shape index (κ2) is 5.50. The van der Waals surface area contributed by atoms with Crippen molar-refractivity contribution >= 4 is 27.5 Å². The third-order valence-electron chi connectivity index (χ3n) is 2.41. The van der Waals surface area contributed by atoms with Crippen molar-refractivity contribution in [3.63, 3.8) is 0 Å². The van der Waals surface area contributed by atoms with Gasteiger partial charge in [0.1, 0.15) is 0 Å². The molecule has 0 aliphatic heterocycles. The zero-order valence-corrected chi connectivity index (χ0v) is 11.8. The maximum atomic E-state index is 12.8. The molecule has 0 saturated carbocycles. The average Bonchev–Trinajstić information content (AvgIpc) is 2.77. The Bertz CT molecular complexity index is 583. The normalized spacial score (nSPS) is 11.8. The predicted molar refractivity (Wildman–Crippen MR) is 68.5 cm³/mol. The maximum Gasteiger partial charge on any atom is 0.417 e. The Morgan fingerprint density at radius 1 is 1.32 bits per heavy atom. The Labute approximate surface area is 120 Å². The monoisotopic (exact) mass is 353 g/mol. The van der Waals surface area contributed by atoms with Crippen LogP contribution in [0.2, 0.25) is 0 Å². The van der Waals surface area contributed by atoms with E-state index in [1.165, 1.54) is 16.8 Å². The first-order valence-electron chi connectivity index (χ1n) is 5.26. The number of aromatic nitrogens is 3. The molecule has 1 aromatic carbocycles. The molecule has 0 spiro atoms. The summed E-state index contributed by atoms with van der Waals surface area (Å²) in [6.07, 6.45) is -2.34. The summed E-state index contributed by atoms with van der Waals surface area (Å²) >= 11 is 8.45. The van der Waals surface area contributed by atoms with Crippen LogP contribution in [0.1, 0.15) is 11.3 Å². The summed E-state index contributed by atoms with van der Waals surface area (Å²) in [6, 6.07) is 3.88. The van der Waals surface area contributed by atoms with Crippen LogP contribution in [-0.2, 0) is 12.6 Å². The van der Waals surface area contributed by atoms with Crippen molar-refractivity contribution in [3.05, 3.63) is 40.1 Å². The van der Waals surface area contributed by atoms with Crippen LogP contribution in [0.25, 0.3) is 5.69 Å². The van der Waals surface area contributed by atoms with E-state index in [0.29, 0.717) is 23.7 Å². The molecule has 0 amide bonds. The van der Waals surface area contributed by atoms with Crippen molar-refractivity contribution in [1.82, 2.24) is 15.0 Å². The Kier molecular flexibility index (Phi) is 4.15. The van der Waals surface area contributed by atoms with E-state index in [1.807, 2.05) is 0 Å². The smallest absolute Gasteiger partial charge is 0.220 e. The van der Waals surface area contributed by atoms with Gasteiger partial charge in [-0.05, 0) is 18.2 Å². The van der Waals surface area contributed by atoms with Gasteiger partial charge in [-0.3, -0.25) is 0 Å². The number of nitrogens with zero attached hydrogens (tertiary/aromatic N) is 3. The van der Waals surface area contributed by atoms with Crippen LogP contribution in [0, 0.1) is 0 Å². The largest absolute Gasteiger partial charge is 0.417 e. The minimum Gasteiger partial charge on any atom is -0.220 e. The van der Waals surface area contributed by atoms with Crippen LogP contribution in [-0.4, -0.2) is 20.9 Å². The van der Waals surface area contributed by atoms with Gasteiger partial charge in [0.05, 0.1) is 23.1 Å². The van der Waals surface area contributed by atoms with Crippen molar-refractivity contribution < 1.29 is 13.2 Å². The van der Waals surface area contributed by atoms with Gasteiger partial charge in [0.15, 0.2) is 0 Å². The summed E-state index contributed by atoms with van der Waals surface area (Å²) in [5.74, 6) is 0.382. The molecule has 0 aliphatic carbocycles. The molecule has 19 heavy (non-hydrogen) atoms. The molecule has 1 heterocycles. The molecular formula is C11H8BrClF3N3. The molecule has 0 fully saturated rings. The first-order valence-corrected chi connectivity index (χ1v) is 6.59. The van der Waals surface area contributed by atoms with Gasteiger partial charge in [-0.2, -0.15) is 13.2 Å². The van der Waals surface area contributed by atoms with Crippen molar-refractivity contribution in [1.29, 1.82) is 0 Å². The quantitative estimate of drug-likeness (QED) is 0.784. The maximum absolute atomic E-state index is 12.8. The van der Waals surface area contributed by atoms with Crippen molar-refractivity contribution in [3.8, 4) is 5.69 Å². The molecule has 0 atom stereocenters. The lowest BCUT2D eigenvalue weighted by atomic mass is 10.2. The number of alkyl halides is 4. The van der Waals surface area contributed by atoms with Gasteiger partial charge in [0.2, 0.25) is 0 Å². The van der Waals surface area contributed by atoms with E-state index in [2.05, 4.69) is 26.2 Å². The number of hydrogen-bond acceptors (Lipinski definition) is 2. The molecule has 102 valence electrons. The number of aryl methyl sites for hydroxylation is 1. The Morgan fingerprint density at radius 2 is 2.05 bits per heavy atom. The lowest BCUT2D eigenvalue weighted by molar-refractivity contribution is -0.138. The average molecular weight is 355 g/mol. The van der Waals surface area contributed by atoms with Crippen LogP contribution >= 0.6 is 27.5 Å². The van der Waals surface area contributed by atoms with E-state index in [9.17, 15) is 13.2 Å². The summed E-state index contributed by atoms with van der Waals surface area (Å²) in [6.45, 7) is 0. The molecule has 2 rings (SSSR count). The van der Waals surface area contributed by atoms with Gasteiger partial charge >= 0.3 is 6.18 Å². The SMILES string of the molecule is FC(F)(F)c1cc(-n2cc(CCCl)nn2)ccc1Br. The number of hydrogen-bond donors (Lipinski definition) is 0. The molecule has 0 aliphatic rings. The number of rotatable bonds is 3. The van der Waals surface area contributed by atoms with E-state index >= 15 is 0 Å². The second-order valence-corrected chi connectivity index (χ2v) is 4.99. The van der Waals surface area contributed by atoms with Crippen LogP contribution < -0.4 is 0 Å². The number of halogens is 5. The van der Waals surface area contributed by atoms with Crippen molar-refractivity contribution in [2.45, 2.75) is 12.6 Å². The molecule has 1 aromatic heterocycles. The van der Waals surface area contributed by atoms with Gasteiger partial charge in [-0.15, -0.1) is 16.7 Å². The fourth-order valence-electron chi connectivity index (χ4n) is 1.51. The Balaban J connectivity index is 2.39. The molecule has 0 unspecified atom stereocenters. The van der Waals surface area contributed by atoms with E-state index in [4.69, 9.17) is 11.6 Å². The first kappa shape index (κ1) is 14.3. The first-order chi connectivity index (χ1) is 8.91. The Hall–Kier alpha value is -1.08. The fourth-order valence-corrected chi connectivity index (χ4v) is 2.17. The molecule has 0 bridgehead atoms. The minimum atomic E-state index is -4.42. The zero-order chi connectivity index (χ0) is 14.0. The van der Waals surface area contributed by atoms with Gasteiger partial charge in [-0.25, -0.2) is 4.68 Å². The van der Waals surface area contributed by atoms with Crippen LogP contribution in [0.5, 0.6) is 0 Å². The molecule has 8 heteroatoms. The van der Waals surface area contributed by atoms with Gasteiger partial charge < -0.3 is 0 Å². The standard InChI is InChI=1S/C11H8BrClF3N3/c12-10-2-1-8(5-9(10)11(14,15)16)19-6-7(3-4-13)17-18-19/h1-2,5-6H,3-4H2. The van der Waals surface area contributed by atoms with E-state index in [0.717, 1.165) is 6.07 Å². The summed E-state index contributed by atoms with van der Waals surface area (Å²) in [5, 5.41) is 7.62. The van der Waals surface area contributed by atoms with E-state index < -0.39 is 11.7 Å². The van der Waals surface area contributed by atoms with E-state index in [1.54, 1.807) is 6.20 Å². The van der Waals surface area contributed by atoms with E-state index in [-0.39, 0.29) is 4.47 Å². The molecule has 0 N–H and O–H groups in total. The summed E-state index contributed by atoms with van der Waals surface area (Å²) in [7, 11) is 0. The predicted octanol–water partition coefficient (Wildman–Crippen LogP) is 3.83. The van der Waals surface area contributed by atoms with Crippen LogP contribution in [0.3, 0.4) is 0 Å². The van der Waals surface area contributed by atoms with Crippen LogP contribution in [0.15, 0.2) is 28.9 Å². The zero-order valence-electron chi connectivity index (χ0n) is 9.46. The molecule has 0 saturated heterocycles. The topological polar surface area (TPSA) is 30.7 Å². The molecular weight excluding hydrogens is 346 g/mol. The van der Waals surface area contributed by atoms with Crippen molar-refractivity contribution in [2.75, 3.05) is 5.88 Å². The fraction of sp³-hybridized carbons (Fsp3) is 0.273. The minimum absolute atomic E-state index is 0.00940. The highest BCUT2D eigenvalue weighted by molar-refractivity contribution is 9.10. The van der Waals surface area contributed by atoms with Gasteiger partial charge in [-0.1, -0.05) is 21.1 Å². The van der Waals surface area contributed by atoms with Gasteiger partial charge in [0, 0.05) is 16.8 Å². The highest BCUT2D eigenvalue weighted by Crippen LogP contribution is 2.35. The van der Waals surface area contributed by atoms with Crippen molar-refractivity contribution in [2.24, 2.45) is 0 Å². The van der Waals surface area contributed by atoms with Crippen LogP contribution in [0.4, 0.5) is 13.2 Å². The third-order valence-corrected chi connectivity index (χ3v) is 3.29. The third kappa shape index (κ3) is 3.27. The lowest BCUT2D eigenvalue weighted by Gasteiger charge is -2.10. The number of benzene rings is 1. The Morgan fingerprint density at radius 3 is 2.68 bits per heavy atom. The molecule has 3 nitrogen and oxygen atoms in total. The highest BCUT2D eigenvalue weighted by Gasteiger charge is 2.33.